The van der Waals surface area contributed by atoms with E-state index < -0.39 is 0 Å². The SMILES string of the molecule is CCC(=O)Nc1cc(-c2nc3ccccc3[nH]2)ccc1C. The summed E-state index contributed by atoms with van der Waals surface area (Å²) in [4.78, 5) is 19.5. The molecule has 4 nitrogen and oxygen atoms in total. The van der Waals surface area contributed by atoms with Gasteiger partial charge in [-0.05, 0) is 30.7 Å². The van der Waals surface area contributed by atoms with E-state index >= 15 is 0 Å². The molecule has 0 atom stereocenters. The first kappa shape index (κ1) is 13.4. The van der Waals surface area contributed by atoms with Gasteiger partial charge in [0.1, 0.15) is 5.82 Å². The third-order valence-corrected chi connectivity index (χ3v) is 3.50. The van der Waals surface area contributed by atoms with Crippen LogP contribution in [0.2, 0.25) is 0 Å². The minimum atomic E-state index is 0.0138. The lowest BCUT2D eigenvalue weighted by atomic mass is 10.1. The van der Waals surface area contributed by atoms with Crippen LogP contribution in [0.15, 0.2) is 42.5 Å². The molecular weight excluding hydrogens is 262 g/mol. The molecule has 0 aliphatic rings. The molecule has 0 radical (unpaired) electrons. The molecule has 2 N–H and O–H groups in total. The molecule has 1 aromatic heterocycles. The maximum atomic E-state index is 11.6. The van der Waals surface area contributed by atoms with Gasteiger partial charge in [0.25, 0.3) is 0 Å². The number of benzene rings is 2. The predicted molar refractivity (Wildman–Crippen MR) is 85.2 cm³/mol. The fourth-order valence-electron chi connectivity index (χ4n) is 2.23. The van der Waals surface area contributed by atoms with Crippen molar-refractivity contribution in [2.75, 3.05) is 5.32 Å². The van der Waals surface area contributed by atoms with Crippen LogP contribution in [0.25, 0.3) is 22.4 Å². The van der Waals surface area contributed by atoms with Crippen LogP contribution in [0.4, 0.5) is 5.69 Å². The molecule has 0 fully saturated rings. The Morgan fingerprint density at radius 1 is 1.24 bits per heavy atom. The average molecular weight is 279 g/mol. The largest absolute Gasteiger partial charge is 0.338 e. The first-order valence-electron chi connectivity index (χ1n) is 7.03. The zero-order valence-electron chi connectivity index (χ0n) is 12.1. The molecule has 1 heterocycles. The van der Waals surface area contributed by atoms with Gasteiger partial charge in [0, 0.05) is 17.7 Å². The Labute approximate surface area is 123 Å². The average Bonchev–Trinajstić information content (AvgIpc) is 2.93. The number of hydrogen-bond donors (Lipinski definition) is 2. The van der Waals surface area contributed by atoms with Crippen LogP contribution < -0.4 is 5.32 Å². The summed E-state index contributed by atoms with van der Waals surface area (Å²) in [5, 5.41) is 2.92. The van der Waals surface area contributed by atoms with E-state index in [1.807, 2.05) is 56.3 Å². The number of nitrogens with zero attached hydrogens (tertiary/aromatic N) is 1. The molecule has 106 valence electrons. The molecule has 0 aliphatic carbocycles. The lowest BCUT2D eigenvalue weighted by molar-refractivity contribution is -0.115. The van der Waals surface area contributed by atoms with Crippen LogP contribution in [0, 0.1) is 6.92 Å². The van der Waals surface area contributed by atoms with Crippen molar-refractivity contribution in [1.82, 2.24) is 9.97 Å². The highest BCUT2D eigenvalue weighted by Gasteiger charge is 2.08. The summed E-state index contributed by atoms with van der Waals surface area (Å²) in [6, 6.07) is 13.9. The Morgan fingerprint density at radius 3 is 2.81 bits per heavy atom. The minimum Gasteiger partial charge on any atom is -0.338 e. The zero-order valence-corrected chi connectivity index (χ0v) is 12.1. The number of rotatable bonds is 3. The number of aryl methyl sites for hydroxylation is 1. The van der Waals surface area contributed by atoms with E-state index in [4.69, 9.17) is 0 Å². The zero-order chi connectivity index (χ0) is 14.8. The Balaban J connectivity index is 2.02. The van der Waals surface area contributed by atoms with Crippen molar-refractivity contribution in [2.45, 2.75) is 20.3 Å². The molecule has 0 bridgehead atoms. The van der Waals surface area contributed by atoms with Gasteiger partial charge in [0.15, 0.2) is 0 Å². The highest BCUT2D eigenvalue weighted by molar-refractivity contribution is 5.92. The molecular formula is C17H17N3O. The summed E-state index contributed by atoms with van der Waals surface area (Å²) in [6.45, 7) is 3.82. The Kier molecular flexibility index (Phi) is 3.44. The molecule has 3 rings (SSSR count). The Hall–Kier alpha value is -2.62. The normalized spacial score (nSPS) is 10.8. The minimum absolute atomic E-state index is 0.0138. The molecule has 4 heteroatoms. The van der Waals surface area contributed by atoms with Crippen LogP contribution in [0.5, 0.6) is 0 Å². The number of para-hydroxylation sites is 2. The smallest absolute Gasteiger partial charge is 0.224 e. The number of aromatic nitrogens is 2. The van der Waals surface area contributed by atoms with Crippen LogP contribution in [0.3, 0.4) is 0 Å². The summed E-state index contributed by atoms with van der Waals surface area (Å²) >= 11 is 0. The number of anilines is 1. The maximum absolute atomic E-state index is 11.6. The molecule has 1 amide bonds. The van der Waals surface area contributed by atoms with Gasteiger partial charge in [-0.25, -0.2) is 4.98 Å². The molecule has 3 aromatic rings. The summed E-state index contributed by atoms with van der Waals surface area (Å²) in [7, 11) is 0. The van der Waals surface area contributed by atoms with Gasteiger partial charge >= 0.3 is 0 Å². The van der Waals surface area contributed by atoms with Gasteiger partial charge in [0.2, 0.25) is 5.91 Å². The monoisotopic (exact) mass is 279 g/mol. The number of carbonyl (C=O) groups excluding carboxylic acids is 1. The van der Waals surface area contributed by atoms with Crippen molar-refractivity contribution in [3.63, 3.8) is 0 Å². The van der Waals surface area contributed by atoms with Gasteiger partial charge in [-0.3, -0.25) is 4.79 Å². The predicted octanol–water partition coefficient (Wildman–Crippen LogP) is 3.89. The maximum Gasteiger partial charge on any atom is 0.224 e. The molecule has 2 aromatic carbocycles. The Bertz CT molecular complexity index is 772. The van der Waals surface area contributed by atoms with Crippen molar-refractivity contribution in [1.29, 1.82) is 0 Å². The van der Waals surface area contributed by atoms with E-state index in [9.17, 15) is 4.79 Å². The standard InChI is InChI=1S/C17H17N3O/c1-3-16(21)18-15-10-12(9-8-11(15)2)17-19-13-6-4-5-7-14(13)20-17/h4-10H,3H2,1-2H3,(H,18,21)(H,19,20). The van der Waals surface area contributed by atoms with E-state index in [2.05, 4.69) is 15.3 Å². The lowest BCUT2D eigenvalue weighted by Crippen LogP contribution is -2.10. The van der Waals surface area contributed by atoms with Crippen molar-refractivity contribution in [3.8, 4) is 11.4 Å². The van der Waals surface area contributed by atoms with Gasteiger partial charge in [-0.1, -0.05) is 31.2 Å². The van der Waals surface area contributed by atoms with Gasteiger partial charge in [0.05, 0.1) is 11.0 Å². The highest BCUT2D eigenvalue weighted by Crippen LogP contribution is 2.25. The number of amides is 1. The number of H-pyrrole nitrogens is 1. The van der Waals surface area contributed by atoms with Crippen molar-refractivity contribution in [2.24, 2.45) is 0 Å². The second-order valence-electron chi connectivity index (χ2n) is 5.03. The molecule has 0 aliphatic heterocycles. The van der Waals surface area contributed by atoms with E-state index in [0.717, 1.165) is 33.7 Å². The second kappa shape index (κ2) is 5.40. The van der Waals surface area contributed by atoms with Gasteiger partial charge < -0.3 is 10.3 Å². The second-order valence-corrected chi connectivity index (χ2v) is 5.03. The van der Waals surface area contributed by atoms with E-state index in [1.165, 1.54) is 0 Å². The summed E-state index contributed by atoms with van der Waals surface area (Å²) < 4.78 is 0. The highest BCUT2D eigenvalue weighted by atomic mass is 16.1. The van der Waals surface area contributed by atoms with Crippen molar-refractivity contribution < 1.29 is 4.79 Å². The molecule has 0 saturated heterocycles. The number of fused-ring (bicyclic) bond motifs is 1. The fourth-order valence-corrected chi connectivity index (χ4v) is 2.23. The number of carbonyl (C=O) groups is 1. The first-order valence-corrected chi connectivity index (χ1v) is 7.03. The van der Waals surface area contributed by atoms with Gasteiger partial charge in [-0.15, -0.1) is 0 Å². The van der Waals surface area contributed by atoms with Gasteiger partial charge in [-0.2, -0.15) is 0 Å². The molecule has 0 unspecified atom stereocenters. The quantitative estimate of drug-likeness (QED) is 0.764. The topological polar surface area (TPSA) is 57.8 Å². The summed E-state index contributed by atoms with van der Waals surface area (Å²) in [6.07, 6.45) is 0.467. The Morgan fingerprint density at radius 2 is 2.05 bits per heavy atom. The lowest BCUT2D eigenvalue weighted by Gasteiger charge is -2.09. The number of aromatic amines is 1. The molecule has 0 saturated carbocycles. The third-order valence-electron chi connectivity index (χ3n) is 3.50. The third kappa shape index (κ3) is 2.65. The number of imidazole rings is 1. The van der Waals surface area contributed by atoms with Crippen LogP contribution >= 0.6 is 0 Å². The number of nitrogens with one attached hydrogen (secondary N) is 2. The van der Waals surface area contributed by atoms with Crippen molar-refractivity contribution in [3.05, 3.63) is 48.0 Å². The number of hydrogen-bond acceptors (Lipinski definition) is 2. The van der Waals surface area contributed by atoms with E-state index in [-0.39, 0.29) is 5.91 Å². The first-order chi connectivity index (χ1) is 10.2. The van der Waals surface area contributed by atoms with Crippen LogP contribution in [0.1, 0.15) is 18.9 Å². The van der Waals surface area contributed by atoms with E-state index in [0.29, 0.717) is 6.42 Å². The van der Waals surface area contributed by atoms with Crippen LogP contribution in [-0.4, -0.2) is 15.9 Å². The summed E-state index contributed by atoms with van der Waals surface area (Å²) in [5.41, 5.74) is 4.78. The van der Waals surface area contributed by atoms with Crippen LogP contribution in [-0.2, 0) is 4.79 Å². The van der Waals surface area contributed by atoms with E-state index in [1.54, 1.807) is 0 Å². The molecule has 21 heavy (non-hydrogen) atoms. The summed E-state index contributed by atoms with van der Waals surface area (Å²) in [5.74, 6) is 0.822. The molecule has 0 spiro atoms. The fraction of sp³-hybridized carbons (Fsp3) is 0.176. The van der Waals surface area contributed by atoms with Crippen molar-refractivity contribution >= 4 is 22.6 Å².